The van der Waals surface area contributed by atoms with Crippen LogP contribution >= 0.6 is 31.9 Å². The highest BCUT2D eigenvalue weighted by atomic mass is 79.9. The van der Waals surface area contributed by atoms with Crippen molar-refractivity contribution in [2.75, 3.05) is 5.73 Å². The molecule has 2 rings (SSSR count). The third-order valence-electron chi connectivity index (χ3n) is 3.19. The van der Waals surface area contributed by atoms with Gasteiger partial charge in [-0.1, -0.05) is 46.3 Å². The molecule has 0 aliphatic carbocycles. The molecular formula is C15H16Br2N2O. The van der Waals surface area contributed by atoms with Crippen molar-refractivity contribution in [3.8, 4) is 0 Å². The Morgan fingerprint density at radius 3 is 2.40 bits per heavy atom. The van der Waals surface area contributed by atoms with E-state index in [1.807, 2.05) is 42.5 Å². The number of aliphatic hydroxyl groups excluding tert-OH is 1. The molecule has 0 saturated heterocycles. The van der Waals surface area contributed by atoms with Crippen LogP contribution in [0.2, 0.25) is 0 Å². The quantitative estimate of drug-likeness (QED) is 0.690. The molecule has 0 spiro atoms. The number of hydrogen-bond donors (Lipinski definition) is 3. The van der Waals surface area contributed by atoms with Crippen molar-refractivity contribution in [2.24, 2.45) is 5.73 Å². The highest BCUT2D eigenvalue weighted by Gasteiger charge is 2.21. The second-order valence-corrected chi connectivity index (χ2v) is 6.44. The molecule has 2 atom stereocenters. The fraction of sp³-hybridized carbons (Fsp3) is 0.200. The zero-order valence-corrected chi connectivity index (χ0v) is 13.9. The lowest BCUT2D eigenvalue weighted by Gasteiger charge is -2.21. The van der Waals surface area contributed by atoms with Gasteiger partial charge in [-0.25, -0.2) is 0 Å². The van der Waals surface area contributed by atoms with E-state index in [4.69, 9.17) is 11.5 Å². The predicted octanol–water partition coefficient (Wildman–Crippen LogP) is 3.40. The molecule has 0 unspecified atom stereocenters. The lowest BCUT2D eigenvalue weighted by atomic mass is 9.96. The standard InChI is InChI=1S/C15H16Br2N2O/c16-10-7-11(14(18)12(17)8-10)15(19)13(20)6-9-4-2-1-3-5-9/h1-5,7-8,13,15,20H,6,18-19H2/t13-,15+/m0/s1. The molecule has 0 radical (unpaired) electrons. The molecule has 0 aromatic heterocycles. The number of rotatable bonds is 4. The maximum absolute atomic E-state index is 10.3. The zero-order valence-electron chi connectivity index (χ0n) is 10.8. The van der Waals surface area contributed by atoms with Crippen molar-refractivity contribution in [3.05, 3.63) is 62.5 Å². The molecule has 0 fully saturated rings. The van der Waals surface area contributed by atoms with Crippen LogP contribution in [0.25, 0.3) is 0 Å². The Labute approximate surface area is 135 Å². The van der Waals surface area contributed by atoms with E-state index in [1.54, 1.807) is 0 Å². The van der Waals surface area contributed by atoms with E-state index < -0.39 is 12.1 Å². The first-order chi connectivity index (χ1) is 9.49. The normalized spacial score (nSPS) is 14.0. The number of aliphatic hydroxyl groups is 1. The van der Waals surface area contributed by atoms with Crippen LogP contribution in [0.3, 0.4) is 0 Å². The van der Waals surface area contributed by atoms with Crippen LogP contribution in [-0.2, 0) is 6.42 Å². The number of halogens is 2. The summed E-state index contributed by atoms with van der Waals surface area (Å²) in [6, 6.07) is 12.9. The van der Waals surface area contributed by atoms with E-state index in [0.29, 0.717) is 12.1 Å². The lowest BCUT2D eigenvalue weighted by molar-refractivity contribution is 0.145. The van der Waals surface area contributed by atoms with Gasteiger partial charge in [0.2, 0.25) is 0 Å². The molecule has 0 bridgehead atoms. The molecule has 5 N–H and O–H groups in total. The van der Waals surface area contributed by atoms with E-state index >= 15 is 0 Å². The summed E-state index contributed by atoms with van der Waals surface area (Å²) in [4.78, 5) is 0. The van der Waals surface area contributed by atoms with Crippen LogP contribution in [0.1, 0.15) is 17.2 Å². The van der Waals surface area contributed by atoms with Gasteiger partial charge in [-0.3, -0.25) is 0 Å². The second kappa shape index (κ2) is 6.72. The molecule has 0 aliphatic heterocycles. The van der Waals surface area contributed by atoms with Gasteiger partial charge in [-0.2, -0.15) is 0 Å². The zero-order chi connectivity index (χ0) is 14.7. The van der Waals surface area contributed by atoms with Gasteiger partial charge in [-0.05, 0) is 39.2 Å². The summed E-state index contributed by atoms with van der Waals surface area (Å²) in [6.45, 7) is 0. The molecule has 5 heteroatoms. The van der Waals surface area contributed by atoms with Gasteiger partial charge in [0.15, 0.2) is 0 Å². The average Bonchev–Trinajstić information content (AvgIpc) is 2.43. The number of benzene rings is 2. The van der Waals surface area contributed by atoms with Gasteiger partial charge in [0, 0.05) is 15.4 Å². The minimum atomic E-state index is -0.694. The van der Waals surface area contributed by atoms with Crippen molar-refractivity contribution < 1.29 is 5.11 Å². The third-order valence-corrected chi connectivity index (χ3v) is 4.30. The van der Waals surface area contributed by atoms with Crippen LogP contribution < -0.4 is 11.5 Å². The molecule has 2 aromatic rings. The van der Waals surface area contributed by atoms with Crippen LogP contribution in [0, 0.1) is 0 Å². The van der Waals surface area contributed by atoms with E-state index in [1.165, 1.54) is 0 Å². The Bertz CT molecular complexity index is 590. The molecule has 2 aromatic carbocycles. The summed E-state index contributed by atoms with van der Waals surface area (Å²) in [5.74, 6) is 0. The van der Waals surface area contributed by atoms with Gasteiger partial charge in [0.1, 0.15) is 0 Å². The minimum absolute atomic E-state index is 0.492. The van der Waals surface area contributed by atoms with Crippen molar-refractivity contribution in [1.82, 2.24) is 0 Å². The summed E-state index contributed by atoms with van der Waals surface area (Å²) in [7, 11) is 0. The van der Waals surface area contributed by atoms with Gasteiger partial charge < -0.3 is 16.6 Å². The summed E-state index contributed by atoms with van der Waals surface area (Å²) in [5.41, 5.74) is 14.5. The molecule has 0 heterocycles. The first kappa shape index (κ1) is 15.5. The smallest absolute Gasteiger partial charge is 0.0773 e. The van der Waals surface area contributed by atoms with Crippen LogP contribution in [0.5, 0.6) is 0 Å². The number of nitrogens with two attached hydrogens (primary N) is 2. The maximum Gasteiger partial charge on any atom is 0.0773 e. The van der Waals surface area contributed by atoms with Gasteiger partial charge in [0.25, 0.3) is 0 Å². The third kappa shape index (κ3) is 3.61. The first-order valence-corrected chi connectivity index (χ1v) is 7.79. The molecule has 0 amide bonds. The highest BCUT2D eigenvalue weighted by Crippen LogP contribution is 2.32. The van der Waals surface area contributed by atoms with Crippen molar-refractivity contribution in [1.29, 1.82) is 0 Å². The van der Waals surface area contributed by atoms with Crippen molar-refractivity contribution in [2.45, 2.75) is 18.6 Å². The van der Waals surface area contributed by atoms with Crippen LogP contribution in [0.15, 0.2) is 51.4 Å². The Hall–Kier alpha value is -0.880. The molecule has 0 saturated carbocycles. The topological polar surface area (TPSA) is 72.3 Å². The highest BCUT2D eigenvalue weighted by molar-refractivity contribution is 9.11. The fourth-order valence-corrected chi connectivity index (χ4v) is 3.33. The Balaban J connectivity index is 2.21. The summed E-state index contributed by atoms with van der Waals surface area (Å²) in [5, 5.41) is 10.3. The number of hydrogen-bond acceptors (Lipinski definition) is 3. The second-order valence-electron chi connectivity index (χ2n) is 4.67. The molecule has 3 nitrogen and oxygen atoms in total. The predicted molar refractivity (Wildman–Crippen MR) is 89.3 cm³/mol. The van der Waals surface area contributed by atoms with Gasteiger partial charge in [-0.15, -0.1) is 0 Å². The average molecular weight is 400 g/mol. The monoisotopic (exact) mass is 398 g/mol. The summed E-state index contributed by atoms with van der Waals surface area (Å²) in [6.07, 6.45) is -0.202. The Morgan fingerprint density at radius 1 is 1.10 bits per heavy atom. The molecule has 106 valence electrons. The number of anilines is 1. The van der Waals surface area contributed by atoms with Crippen LogP contribution in [0.4, 0.5) is 5.69 Å². The van der Waals surface area contributed by atoms with E-state index in [2.05, 4.69) is 31.9 Å². The van der Waals surface area contributed by atoms with E-state index in [9.17, 15) is 5.11 Å². The summed E-state index contributed by atoms with van der Waals surface area (Å²) >= 11 is 6.80. The van der Waals surface area contributed by atoms with Crippen LogP contribution in [-0.4, -0.2) is 11.2 Å². The van der Waals surface area contributed by atoms with Gasteiger partial charge in [0.05, 0.1) is 17.8 Å². The summed E-state index contributed by atoms with van der Waals surface area (Å²) < 4.78 is 1.64. The Kier molecular flexibility index (Phi) is 5.21. The first-order valence-electron chi connectivity index (χ1n) is 6.21. The van der Waals surface area contributed by atoms with Crippen molar-refractivity contribution in [3.63, 3.8) is 0 Å². The maximum atomic E-state index is 10.3. The number of nitrogen functional groups attached to an aromatic ring is 1. The van der Waals surface area contributed by atoms with E-state index in [-0.39, 0.29) is 0 Å². The SMILES string of the molecule is Nc1c(Br)cc(Br)cc1[C@@H](N)[C@@H](O)Cc1ccccc1. The minimum Gasteiger partial charge on any atom is -0.398 e. The van der Waals surface area contributed by atoms with E-state index in [0.717, 1.165) is 20.1 Å². The lowest BCUT2D eigenvalue weighted by Crippen LogP contribution is -2.29. The molecular weight excluding hydrogens is 384 g/mol. The molecule has 0 aliphatic rings. The Morgan fingerprint density at radius 2 is 1.75 bits per heavy atom. The van der Waals surface area contributed by atoms with Gasteiger partial charge >= 0.3 is 0 Å². The fourth-order valence-electron chi connectivity index (χ4n) is 2.07. The largest absolute Gasteiger partial charge is 0.398 e. The van der Waals surface area contributed by atoms with Crippen molar-refractivity contribution >= 4 is 37.5 Å². The molecule has 20 heavy (non-hydrogen) atoms.